The number of aliphatic hydroxyl groups excluding tert-OH is 1. The molecular formula is C11H11NO3S. The first-order valence-electron chi connectivity index (χ1n) is 4.97. The highest BCUT2D eigenvalue weighted by atomic mass is 32.1. The van der Waals surface area contributed by atoms with Crippen molar-refractivity contribution in [3.05, 3.63) is 44.3 Å². The number of aliphatic hydroxyl groups is 1. The Labute approximate surface area is 95.4 Å². The Balaban J connectivity index is 2.66. The number of rotatable bonds is 3. The maximum absolute atomic E-state index is 11.9. The van der Waals surface area contributed by atoms with Crippen LogP contribution in [0.1, 0.15) is 6.42 Å². The van der Waals surface area contributed by atoms with E-state index < -0.39 is 0 Å². The molecule has 0 aliphatic heterocycles. The van der Waals surface area contributed by atoms with Crippen LogP contribution < -0.4 is 10.4 Å². The molecule has 1 aromatic heterocycles. The Morgan fingerprint density at radius 2 is 2.00 bits per heavy atom. The molecule has 0 aliphatic rings. The van der Waals surface area contributed by atoms with Gasteiger partial charge in [0, 0.05) is 17.9 Å². The summed E-state index contributed by atoms with van der Waals surface area (Å²) in [6.07, 6.45) is 0.417. The Hall–Kier alpha value is -1.46. The topological polar surface area (TPSA) is 59.3 Å². The van der Waals surface area contributed by atoms with E-state index in [1.807, 2.05) is 0 Å². The van der Waals surface area contributed by atoms with Gasteiger partial charge in [0.15, 0.2) is 0 Å². The van der Waals surface area contributed by atoms with Gasteiger partial charge in [-0.25, -0.2) is 0 Å². The van der Waals surface area contributed by atoms with Crippen molar-refractivity contribution >= 4 is 21.4 Å². The largest absolute Gasteiger partial charge is 0.396 e. The summed E-state index contributed by atoms with van der Waals surface area (Å²) in [7, 11) is 0. The van der Waals surface area contributed by atoms with Crippen molar-refractivity contribution in [3.63, 3.8) is 0 Å². The lowest BCUT2D eigenvalue weighted by Crippen LogP contribution is -2.31. The molecule has 84 valence electrons. The van der Waals surface area contributed by atoms with Crippen molar-refractivity contribution in [2.75, 3.05) is 6.61 Å². The van der Waals surface area contributed by atoms with Gasteiger partial charge in [0.2, 0.25) is 0 Å². The van der Waals surface area contributed by atoms with Gasteiger partial charge in [0.25, 0.3) is 5.56 Å². The summed E-state index contributed by atoms with van der Waals surface area (Å²) < 4.78 is 1.89. The molecule has 0 saturated carbocycles. The van der Waals surface area contributed by atoms with Gasteiger partial charge in [0.1, 0.15) is 0 Å². The Kier molecular flexibility index (Phi) is 3.17. The molecule has 0 aliphatic carbocycles. The van der Waals surface area contributed by atoms with Crippen LogP contribution in [0.4, 0.5) is 0 Å². The lowest BCUT2D eigenvalue weighted by atomic mass is 10.3. The van der Waals surface area contributed by atoms with Crippen LogP contribution in [-0.2, 0) is 6.54 Å². The number of fused-ring (bicyclic) bond motifs is 1. The quantitative estimate of drug-likeness (QED) is 0.859. The van der Waals surface area contributed by atoms with Crippen LogP contribution in [0.5, 0.6) is 0 Å². The molecule has 16 heavy (non-hydrogen) atoms. The molecule has 1 heterocycles. The number of hydrogen-bond acceptors (Lipinski definition) is 4. The minimum Gasteiger partial charge on any atom is -0.396 e. The van der Waals surface area contributed by atoms with Gasteiger partial charge in [-0.05, 0) is 18.6 Å². The highest BCUT2D eigenvalue weighted by Gasteiger charge is 2.06. The Morgan fingerprint density at radius 3 is 2.75 bits per heavy atom. The van der Waals surface area contributed by atoms with Crippen LogP contribution >= 0.6 is 11.3 Å². The third-order valence-electron chi connectivity index (χ3n) is 2.32. The number of aromatic nitrogens is 1. The highest BCUT2D eigenvalue weighted by molar-refractivity contribution is 7.16. The number of hydrogen-bond donors (Lipinski definition) is 1. The minimum absolute atomic E-state index is 0.0244. The maximum atomic E-state index is 11.9. The molecule has 0 fully saturated rings. The van der Waals surface area contributed by atoms with E-state index in [4.69, 9.17) is 5.11 Å². The first kappa shape index (κ1) is 11.0. The van der Waals surface area contributed by atoms with Crippen molar-refractivity contribution in [1.29, 1.82) is 0 Å². The van der Waals surface area contributed by atoms with Crippen molar-refractivity contribution in [3.8, 4) is 0 Å². The summed E-state index contributed by atoms with van der Waals surface area (Å²) in [5.74, 6) is 0. The number of nitrogens with zero attached hydrogens (tertiary/aromatic N) is 1. The fraction of sp³-hybridized carbons (Fsp3) is 0.273. The van der Waals surface area contributed by atoms with Gasteiger partial charge in [-0.2, -0.15) is 0 Å². The van der Waals surface area contributed by atoms with E-state index in [9.17, 15) is 9.59 Å². The first-order chi connectivity index (χ1) is 7.74. The molecule has 5 heteroatoms. The molecule has 0 amide bonds. The van der Waals surface area contributed by atoms with Crippen molar-refractivity contribution < 1.29 is 5.11 Å². The summed E-state index contributed by atoms with van der Waals surface area (Å²) in [6, 6.07) is 7.05. The minimum atomic E-state index is -0.271. The fourth-order valence-corrected chi connectivity index (χ4v) is 2.42. The molecule has 0 unspecified atom stereocenters. The fourth-order valence-electron chi connectivity index (χ4n) is 1.53. The zero-order chi connectivity index (χ0) is 11.5. The smallest absolute Gasteiger partial charge is 0.310 e. The van der Waals surface area contributed by atoms with E-state index >= 15 is 0 Å². The second kappa shape index (κ2) is 4.59. The van der Waals surface area contributed by atoms with Crippen molar-refractivity contribution in [1.82, 2.24) is 4.57 Å². The second-order valence-electron chi connectivity index (χ2n) is 3.40. The maximum Gasteiger partial charge on any atom is 0.310 e. The van der Waals surface area contributed by atoms with Gasteiger partial charge < -0.3 is 5.11 Å². The SMILES string of the molecule is O=c1sc2ccccc2c(=O)n1CCCO. The normalized spacial score (nSPS) is 10.8. The lowest BCUT2D eigenvalue weighted by molar-refractivity contribution is 0.278. The average Bonchev–Trinajstić information content (AvgIpc) is 2.29. The molecule has 0 atom stereocenters. The van der Waals surface area contributed by atoms with Gasteiger partial charge in [-0.15, -0.1) is 0 Å². The Bertz CT molecular complexity index is 614. The van der Waals surface area contributed by atoms with Gasteiger partial charge in [-0.1, -0.05) is 23.5 Å². The van der Waals surface area contributed by atoms with E-state index in [2.05, 4.69) is 0 Å². The molecule has 2 rings (SSSR count). The Morgan fingerprint density at radius 1 is 1.25 bits per heavy atom. The van der Waals surface area contributed by atoms with Crippen LogP contribution in [0.25, 0.3) is 10.1 Å². The highest BCUT2D eigenvalue weighted by Crippen LogP contribution is 2.10. The van der Waals surface area contributed by atoms with E-state index in [0.717, 1.165) is 11.3 Å². The summed E-state index contributed by atoms with van der Waals surface area (Å²) in [6.45, 7) is 0.249. The summed E-state index contributed by atoms with van der Waals surface area (Å²) in [5, 5.41) is 9.27. The predicted octanol–water partition coefficient (Wildman–Crippen LogP) is 0.806. The van der Waals surface area contributed by atoms with Crippen LogP contribution in [0.15, 0.2) is 33.9 Å². The predicted molar refractivity (Wildman–Crippen MR) is 64.1 cm³/mol. The third kappa shape index (κ3) is 1.91. The molecular weight excluding hydrogens is 226 g/mol. The average molecular weight is 237 g/mol. The third-order valence-corrected chi connectivity index (χ3v) is 3.29. The van der Waals surface area contributed by atoms with Gasteiger partial charge in [0.05, 0.1) is 5.39 Å². The molecule has 4 nitrogen and oxygen atoms in total. The van der Waals surface area contributed by atoms with E-state index in [1.165, 1.54) is 4.57 Å². The summed E-state index contributed by atoms with van der Waals surface area (Å²) in [4.78, 5) is 23.3. The van der Waals surface area contributed by atoms with Gasteiger partial charge in [-0.3, -0.25) is 14.2 Å². The molecule has 0 radical (unpaired) electrons. The van der Waals surface area contributed by atoms with E-state index in [0.29, 0.717) is 16.5 Å². The zero-order valence-corrected chi connectivity index (χ0v) is 9.37. The van der Waals surface area contributed by atoms with Crippen molar-refractivity contribution in [2.24, 2.45) is 0 Å². The molecule has 0 spiro atoms. The molecule has 0 bridgehead atoms. The van der Waals surface area contributed by atoms with E-state index in [1.54, 1.807) is 24.3 Å². The second-order valence-corrected chi connectivity index (χ2v) is 4.39. The monoisotopic (exact) mass is 237 g/mol. The molecule has 0 saturated heterocycles. The van der Waals surface area contributed by atoms with E-state index in [-0.39, 0.29) is 23.6 Å². The van der Waals surface area contributed by atoms with Crippen LogP contribution in [0, 0.1) is 0 Å². The first-order valence-corrected chi connectivity index (χ1v) is 5.79. The number of benzene rings is 1. The molecule has 2 aromatic rings. The van der Waals surface area contributed by atoms with Crippen LogP contribution in [0.3, 0.4) is 0 Å². The summed E-state index contributed by atoms with van der Waals surface area (Å²) in [5.41, 5.74) is -0.271. The zero-order valence-electron chi connectivity index (χ0n) is 8.55. The standard InChI is InChI=1S/C11H11NO3S/c13-7-3-6-12-10(14)8-4-1-2-5-9(8)16-11(12)15/h1-2,4-5,13H,3,6-7H2. The molecule has 1 aromatic carbocycles. The van der Waals surface area contributed by atoms with Crippen molar-refractivity contribution in [2.45, 2.75) is 13.0 Å². The van der Waals surface area contributed by atoms with Gasteiger partial charge >= 0.3 is 4.87 Å². The van der Waals surface area contributed by atoms with Crippen LogP contribution in [-0.4, -0.2) is 16.3 Å². The molecule has 1 N–H and O–H groups in total. The summed E-state index contributed by atoms with van der Waals surface area (Å²) >= 11 is 1.06. The van der Waals surface area contributed by atoms with Crippen LogP contribution in [0.2, 0.25) is 0 Å². The lowest BCUT2D eigenvalue weighted by Gasteiger charge is -2.03.